The smallest absolute Gasteiger partial charge is 0.323 e. The number of halogens is 1. The summed E-state index contributed by atoms with van der Waals surface area (Å²) in [6.07, 6.45) is 7.27. The Balaban J connectivity index is 2.10. The van der Waals surface area contributed by atoms with Gasteiger partial charge in [0.05, 0.1) is 0 Å². The maximum atomic E-state index is 12.6. The molecule has 0 radical (unpaired) electrons. The number of hydrogen-bond donors (Lipinski definition) is 1. The summed E-state index contributed by atoms with van der Waals surface area (Å²) in [5.41, 5.74) is -0.594. The molecule has 0 aromatic rings. The molecule has 0 bridgehead atoms. The molecule has 5 heteroatoms. The summed E-state index contributed by atoms with van der Waals surface area (Å²) in [7, 11) is 0. The van der Waals surface area contributed by atoms with E-state index in [9.17, 15) is 9.59 Å². The summed E-state index contributed by atoms with van der Waals surface area (Å²) in [6.45, 7) is 2.55. The zero-order chi connectivity index (χ0) is 13.9. The first-order valence-electron chi connectivity index (χ1n) is 7.29. The van der Waals surface area contributed by atoms with Gasteiger partial charge in [0.1, 0.15) is 5.54 Å². The van der Waals surface area contributed by atoms with Crippen LogP contribution < -0.4 is 5.32 Å². The zero-order valence-corrected chi connectivity index (χ0v) is 13.2. The number of amides is 3. The summed E-state index contributed by atoms with van der Waals surface area (Å²) in [5.74, 6) is 0.297. The minimum Gasteiger partial charge on any atom is -0.323 e. The van der Waals surface area contributed by atoms with Crippen LogP contribution in [0.1, 0.15) is 51.9 Å². The van der Waals surface area contributed by atoms with Crippen LogP contribution in [0.15, 0.2) is 0 Å². The molecular formula is C14H23BrN2O2. The maximum absolute atomic E-state index is 12.6. The molecular weight excluding hydrogens is 308 g/mol. The first-order chi connectivity index (χ1) is 9.09. The highest BCUT2D eigenvalue weighted by molar-refractivity contribution is 9.09. The topological polar surface area (TPSA) is 49.4 Å². The molecule has 1 saturated heterocycles. The molecule has 4 nitrogen and oxygen atoms in total. The van der Waals surface area contributed by atoms with Gasteiger partial charge in [-0.05, 0) is 18.8 Å². The number of urea groups is 1. The first-order valence-corrected chi connectivity index (χ1v) is 8.41. The van der Waals surface area contributed by atoms with Gasteiger partial charge in [0.2, 0.25) is 0 Å². The lowest BCUT2D eigenvalue weighted by Gasteiger charge is -2.28. The van der Waals surface area contributed by atoms with Gasteiger partial charge in [0.15, 0.2) is 0 Å². The van der Waals surface area contributed by atoms with Crippen LogP contribution in [0, 0.1) is 5.92 Å². The second kappa shape index (κ2) is 6.25. The van der Waals surface area contributed by atoms with Gasteiger partial charge in [-0.25, -0.2) is 4.79 Å². The molecule has 1 heterocycles. The minimum absolute atomic E-state index is 0.00667. The Hall–Kier alpha value is -0.580. The Morgan fingerprint density at radius 1 is 1.21 bits per heavy atom. The number of carbonyl (C=O) groups excluding carboxylic acids is 2. The van der Waals surface area contributed by atoms with Gasteiger partial charge in [-0.15, -0.1) is 0 Å². The largest absolute Gasteiger partial charge is 0.325 e. The number of carbonyl (C=O) groups is 2. The van der Waals surface area contributed by atoms with E-state index in [-0.39, 0.29) is 11.9 Å². The molecule has 0 aromatic heterocycles. The minimum atomic E-state index is -0.594. The van der Waals surface area contributed by atoms with Crippen molar-refractivity contribution in [1.29, 1.82) is 0 Å². The van der Waals surface area contributed by atoms with Gasteiger partial charge in [-0.3, -0.25) is 9.69 Å². The van der Waals surface area contributed by atoms with Crippen LogP contribution in [0.4, 0.5) is 4.79 Å². The Labute approximate surface area is 123 Å². The number of hydrogen-bond acceptors (Lipinski definition) is 2. The van der Waals surface area contributed by atoms with Crippen molar-refractivity contribution in [3.05, 3.63) is 0 Å². The summed E-state index contributed by atoms with van der Waals surface area (Å²) in [6, 6.07) is -0.196. The average molecular weight is 331 g/mol. The molecule has 2 rings (SSSR count). The van der Waals surface area contributed by atoms with E-state index >= 15 is 0 Å². The van der Waals surface area contributed by atoms with Crippen molar-refractivity contribution >= 4 is 27.9 Å². The van der Waals surface area contributed by atoms with Gasteiger partial charge in [-0.1, -0.05) is 55.0 Å². The Kier molecular flexibility index (Phi) is 4.87. The maximum Gasteiger partial charge on any atom is 0.325 e. The summed E-state index contributed by atoms with van der Waals surface area (Å²) in [5, 5.41) is 3.79. The molecule has 1 atom stereocenters. The lowest BCUT2D eigenvalue weighted by atomic mass is 9.84. The van der Waals surface area contributed by atoms with E-state index in [0.29, 0.717) is 12.5 Å². The third-order valence-electron chi connectivity index (χ3n) is 4.21. The Morgan fingerprint density at radius 2 is 1.79 bits per heavy atom. The monoisotopic (exact) mass is 330 g/mol. The van der Waals surface area contributed by atoms with Crippen LogP contribution >= 0.6 is 15.9 Å². The fraction of sp³-hybridized carbons (Fsp3) is 0.857. The van der Waals surface area contributed by atoms with Crippen molar-refractivity contribution in [2.24, 2.45) is 5.92 Å². The predicted octanol–water partition coefficient (Wildman–Crippen LogP) is 3.05. The SMILES string of the molecule is CC(CBr)CN1C(=O)NC2(CCCCCCC2)C1=O. The zero-order valence-electron chi connectivity index (χ0n) is 11.6. The molecule has 2 fully saturated rings. The van der Waals surface area contributed by atoms with Crippen LogP contribution in [0.25, 0.3) is 0 Å². The highest BCUT2D eigenvalue weighted by atomic mass is 79.9. The average Bonchev–Trinajstić information content (AvgIpc) is 2.59. The third-order valence-corrected chi connectivity index (χ3v) is 5.32. The highest BCUT2D eigenvalue weighted by Crippen LogP contribution is 2.32. The number of nitrogens with zero attached hydrogens (tertiary/aromatic N) is 1. The lowest BCUT2D eigenvalue weighted by molar-refractivity contribution is -0.132. The standard InChI is InChI=1S/C14H23BrN2O2/c1-11(9-15)10-17-12(18)14(16-13(17)19)7-5-3-2-4-6-8-14/h11H,2-10H2,1H3,(H,16,19). The van der Waals surface area contributed by atoms with Crippen molar-refractivity contribution < 1.29 is 9.59 Å². The quantitative estimate of drug-likeness (QED) is 0.638. The van der Waals surface area contributed by atoms with E-state index in [1.54, 1.807) is 0 Å². The van der Waals surface area contributed by atoms with E-state index in [2.05, 4.69) is 21.2 Å². The van der Waals surface area contributed by atoms with Crippen molar-refractivity contribution in [2.45, 2.75) is 57.4 Å². The van der Waals surface area contributed by atoms with E-state index in [1.165, 1.54) is 24.2 Å². The molecule has 1 aliphatic carbocycles. The Bertz CT molecular complexity index is 351. The van der Waals surface area contributed by atoms with Crippen molar-refractivity contribution in [2.75, 3.05) is 11.9 Å². The molecule has 2 aliphatic rings. The van der Waals surface area contributed by atoms with Crippen molar-refractivity contribution in [3.63, 3.8) is 0 Å². The number of alkyl halides is 1. The van der Waals surface area contributed by atoms with E-state index in [4.69, 9.17) is 0 Å². The first kappa shape index (κ1) is 14.8. The predicted molar refractivity (Wildman–Crippen MR) is 78.3 cm³/mol. The van der Waals surface area contributed by atoms with Crippen LogP contribution in [0.2, 0.25) is 0 Å². The molecule has 3 amide bonds. The fourth-order valence-electron chi connectivity index (χ4n) is 3.05. The molecule has 1 N–H and O–H groups in total. The van der Waals surface area contributed by atoms with Gasteiger partial charge in [0, 0.05) is 11.9 Å². The normalized spacial score (nSPS) is 25.1. The molecule has 108 valence electrons. The number of rotatable bonds is 3. The summed E-state index contributed by atoms with van der Waals surface area (Å²) in [4.78, 5) is 26.1. The van der Waals surface area contributed by atoms with Crippen molar-refractivity contribution in [3.8, 4) is 0 Å². The molecule has 19 heavy (non-hydrogen) atoms. The summed E-state index contributed by atoms with van der Waals surface area (Å²) >= 11 is 3.40. The van der Waals surface area contributed by atoms with Crippen LogP contribution in [0.3, 0.4) is 0 Å². The fourth-order valence-corrected chi connectivity index (χ4v) is 3.25. The van der Waals surface area contributed by atoms with Gasteiger partial charge >= 0.3 is 6.03 Å². The van der Waals surface area contributed by atoms with E-state index < -0.39 is 5.54 Å². The molecule has 1 unspecified atom stereocenters. The van der Waals surface area contributed by atoms with Crippen LogP contribution in [-0.4, -0.2) is 34.3 Å². The second-order valence-electron chi connectivity index (χ2n) is 5.96. The molecule has 1 spiro atoms. The van der Waals surface area contributed by atoms with Gasteiger partial charge in [-0.2, -0.15) is 0 Å². The van der Waals surface area contributed by atoms with Gasteiger partial charge < -0.3 is 5.32 Å². The molecule has 1 saturated carbocycles. The van der Waals surface area contributed by atoms with Crippen LogP contribution in [-0.2, 0) is 4.79 Å². The van der Waals surface area contributed by atoms with Gasteiger partial charge in [0.25, 0.3) is 5.91 Å². The molecule has 1 aliphatic heterocycles. The lowest BCUT2D eigenvalue weighted by Crippen LogP contribution is -2.47. The van der Waals surface area contributed by atoms with Crippen LogP contribution in [0.5, 0.6) is 0 Å². The second-order valence-corrected chi connectivity index (χ2v) is 6.60. The summed E-state index contributed by atoms with van der Waals surface area (Å²) < 4.78 is 0. The third kappa shape index (κ3) is 3.12. The highest BCUT2D eigenvalue weighted by Gasteiger charge is 2.50. The van der Waals surface area contributed by atoms with E-state index in [1.807, 2.05) is 6.92 Å². The molecule has 0 aromatic carbocycles. The Morgan fingerprint density at radius 3 is 2.37 bits per heavy atom. The number of nitrogens with one attached hydrogen (secondary N) is 1. The van der Waals surface area contributed by atoms with Crippen molar-refractivity contribution in [1.82, 2.24) is 10.2 Å². The van der Waals surface area contributed by atoms with E-state index in [0.717, 1.165) is 31.0 Å². The number of imide groups is 1.